The van der Waals surface area contributed by atoms with E-state index in [1.165, 1.54) is 5.56 Å². The van der Waals surface area contributed by atoms with Crippen molar-refractivity contribution >= 4 is 11.8 Å². The van der Waals surface area contributed by atoms with Crippen molar-refractivity contribution in [3.05, 3.63) is 72.4 Å². The van der Waals surface area contributed by atoms with Crippen molar-refractivity contribution in [2.45, 2.75) is 17.8 Å². The molecule has 0 fully saturated rings. The number of ether oxygens (including phenoxy) is 1. The number of aryl methyl sites for hydroxylation is 1. The third-order valence-corrected chi connectivity index (χ3v) is 5.00. The Kier molecular flexibility index (Phi) is 4.93. The first-order valence-corrected chi connectivity index (χ1v) is 9.41. The minimum Gasteiger partial charge on any atom is -0.497 e. The highest BCUT2D eigenvalue weighted by molar-refractivity contribution is 7.98. The lowest BCUT2D eigenvalue weighted by Crippen LogP contribution is -1.95. The van der Waals surface area contributed by atoms with E-state index in [1.54, 1.807) is 25.1 Å². The van der Waals surface area contributed by atoms with Crippen LogP contribution in [0.1, 0.15) is 11.5 Å². The zero-order valence-electron chi connectivity index (χ0n) is 15.0. The van der Waals surface area contributed by atoms with Crippen LogP contribution in [0, 0.1) is 6.92 Å². The summed E-state index contributed by atoms with van der Waals surface area (Å²) in [6.45, 7) is 2.05. The third kappa shape index (κ3) is 3.88. The molecule has 0 spiro atoms. The number of aromatic nitrogens is 4. The van der Waals surface area contributed by atoms with Gasteiger partial charge >= 0.3 is 0 Å². The molecule has 6 nitrogen and oxygen atoms in total. The van der Waals surface area contributed by atoms with Gasteiger partial charge in [0.05, 0.1) is 12.9 Å². The van der Waals surface area contributed by atoms with E-state index in [2.05, 4.69) is 15.2 Å². The number of nitrogens with zero attached hydrogens (tertiary/aromatic N) is 4. The average Bonchev–Trinajstić information content (AvgIpc) is 3.36. The lowest BCUT2D eigenvalue weighted by atomic mass is 10.1. The smallest absolute Gasteiger partial charge is 0.247 e. The van der Waals surface area contributed by atoms with Crippen LogP contribution in [0.5, 0.6) is 5.75 Å². The van der Waals surface area contributed by atoms with E-state index in [1.807, 2.05) is 66.2 Å². The van der Waals surface area contributed by atoms with Crippen molar-refractivity contribution in [3.8, 4) is 22.9 Å². The molecule has 4 aromatic rings. The fourth-order valence-electron chi connectivity index (χ4n) is 2.59. The van der Waals surface area contributed by atoms with Gasteiger partial charge in [-0.2, -0.15) is 0 Å². The van der Waals surface area contributed by atoms with Gasteiger partial charge in [0.25, 0.3) is 0 Å². The molecule has 2 heterocycles. The van der Waals surface area contributed by atoms with E-state index in [0.717, 1.165) is 22.2 Å². The second-order valence-corrected chi connectivity index (χ2v) is 6.88. The van der Waals surface area contributed by atoms with Gasteiger partial charge in [0, 0.05) is 23.6 Å². The fourth-order valence-corrected chi connectivity index (χ4v) is 3.40. The summed E-state index contributed by atoms with van der Waals surface area (Å²) in [5.41, 5.74) is 3.13. The minimum atomic E-state index is 0.532. The number of methoxy groups -OCH3 is 1. The van der Waals surface area contributed by atoms with E-state index < -0.39 is 0 Å². The largest absolute Gasteiger partial charge is 0.497 e. The summed E-state index contributed by atoms with van der Waals surface area (Å²) < 4.78 is 13.0. The lowest BCUT2D eigenvalue weighted by molar-refractivity contribution is 0.414. The molecule has 0 N–H and O–H groups in total. The van der Waals surface area contributed by atoms with Crippen LogP contribution in [0.2, 0.25) is 0 Å². The van der Waals surface area contributed by atoms with Gasteiger partial charge < -0.3 is 9.15 Å². The molecule has 0 aliphatic heterocycles. The summed E-state index contributed by atoms with van der Waals surface area (Å²) in [6.07, 6.45) is 3.70. The van der Waals surface area contributed by atoms with Crippen molar-refractivity contribution in [1.29, 1.82) is 0 Å². The van der Waals surface area contributed by atoms with Crippen molar-refractivity contribution in [1.82, 2.24) is 19.7 Å². The van der Waals surface area contributed by atoms with Crippen molar-refractivity contribution in [2.24, 2.45) is 0 Å². The molecule has 0 amide bonds. The highest BCUT2D eigenvalue weighted by Gasteiger charge is 2.12. The summed E-state index contributed by atoms with van der Waals surface area (Å²) in [5.74, 6) is 2.47. The van der Waals surface area contributed by atoms with Crippen LogP contribution in [-0.4, -0.2) is 26.9 Å². The summed E-state index contributed by atoms with van der Waals surface area (Å²) in [4.78, 5) is 4.43. The molecule has 0 radical (unpaired) electrons. The predicted octanol–water partition coefficient (Wildman–Crippen LogP) is 4.53. The molecule has 0 unspecified atom stereocenters. The molecule has 2 aromatic carbocycles. The number of hydrogen-bond acceptors (Lipinski definition) is 6. The maximum atomic E-state index is 5.79. The van der Waals surface area contributed by atoms with Gasteiger partial charge in [-0.1, -0.05) is 29.5 Å². The molecule has 136 valence electrons. The van der Waals surface area contributed by atoms with E-state index in [4.69, 9.17) is 9.15 Å². The van der Waals surface area contributed by atoms with Crippen LogP contribution in [0.15, 0.2) is 70.5 Å². The topological polar surface area (TPSA) is 66.0 Å². The van der Waals surface area contributed by atoms with Crippen molar-refractivity contribution in [2.75, 3.05) is 7.11 Å². The van der Waals surface area contributed by atoms with Crippen molar-refractivity contribution < 1.29 is 9.15 Å². The van der Waals surface area contributed by atoms with Crippen LogP contribution in [-0.2, 0) is 5.75 Å². The minimum absolute atomic E-state index is 0.532. The fraction of sp³-hybridized carbons (Fsp3) is 0.150. The van der Waals surface area contributed by atoms with Crippen LogP contribution >= 0.6 is 11.8 Å². The highest BCUT2D eigenvalue weighted by Crippen LogP contribution is 2.26. The quantitative estimate of drug-likeness (QED) is 0.459. The zero-order valence-corrected chi connectivity index (χ0v) is 15.8. The van der Waals surface area contributed by atoms with Gasteiger partial charge in [0.2, 0.25) is 11.8 Å². The molecule has 0 saturated carbocycles. The number of rotatable bonds is 6. The van der Waals surface area contributed by atoms with E-state index in [-0.39, 0.29) is 0 Å². The lowest BCUT2D eigenvalue weighted by Gasteiger charge is -2.07. The van der Waals surface area contributed by atoms with Crippen LogP contribution in [0.4, 0.5) is 0 Å². The molecule has 27 heavy (non-hydrogen) atoms. The normalized spacial score (nSPS) is 10.9. The van der Waals surface area contributed by atoms with Crippen molar-refractivity contribution in [3.63, 3.8) is 0 Å². The predicted molar refractivity (Wildman–Crippen MR) is 104 cm³/mol. The number of imidazole rings is 1. The van der Waals surface area contributed by atoms with Gasteiger partial charge in [0.1, 0.15) is 5.75 Å². The summed E-state index contributed by atoms with van der Waals surface area (Å²) in [7, 11) is 1.66. The maximum Gasteiger partial charge on any atom is 0.247 e. The van der Waals surface area contributed by atoms with Gasteiger partial charge in [-0.25, -0.2) is 4.98 Å². The summed E-state index contributed by atoms with van der Waals surface area (Å²) in [6, 6.07) is 15.9. The van der Waals surface area contributed by atoms with Gasteiger partial charge in [-0.3, -0.25) is 4.57 Å². The summed E-state index contributed by atoms with van der Waals surface area (Å²) in [5, 5.41) is 9.15. The maximum absolute atomic E-state index is 5.79. The molecule has 0 bridgehead atoms. The number of benzene rings is 2. The standard InChI is InChI=1S/C20H18N4O2S/c1-14-3-5-15(6-4-14)19-23-22-18(26-19)13-27-20-21-11-12-24(20)16-7-9-17(25-2)10-8-16/h3-12H,13H2,1-2H3. The molecule has 0 atom stereocenters. The first-order valence-electron chi connectivity index (χ1n) is 8.43. The van der Waals surface area contributed by atoms with Crippen LogP contribution in [0.25, 0.3) is 17.1 Å². The monoisotopic (exact) mass is 378 g/mol. The average molecular weight is 378 g/mol. The Bertz CT molecular complexity index is 1020. The molecule has 0 aliphatic carbocycles. The molecule has 0 saturated heterocycles. The Morgan fingerprint density at radius 2 is 1.81 bits per heavy atom. The molecule has 4 rings (SSSR count). The molecule has 2 aromatic heterocycles. The van der Waals surface area contributed by atoms with Gasteiger partial charge in [-0.05, 0) is 43.3 Å². The van der Waals surface area contributed by atoms with Crippen LogP contribution < -0.4 is 4.74 Å². The Balaban J connectivity index is 1.47. The second-order valence-electron chi connectivity index (χ2n) is 5.93. The van der Waals surface area contributed by atoms with E-state index in [9.17, 15) is 0 Å². The van der Waals surface area contributed by atoms with Gasteiger partial charge in [-0.15, -0.1) is 10.2 Å². The Labute approximate surface area is 161 Å². The molecule has 7 heteroatoms. The molecular formula is C20H18N4O2S. The Morgan fingerprint density at radius 1 is 1.04 bits per heavy atom. The van der Waals surface area contributed by atoms with E-state index >= 15 is 0 Å². The van der Waals surface area contributed by atoms with Gasteiger partial charge in [0.15, 0.2) is 5.16 Å². The molecule has 0 aliphatic rings. The zero-order chi connectivity index (χ0) is 18.6. The number of thioether (sulfide) groups is 1. The van der Waals surface area contributed by atoms with Crippen LogP contribution in [0.3, 0.4) is 0 Å². The van der Waals surface area contributed by atoms with E-state index in [0.29, 0.717) is 17.5 Å². The molecular weight excluding hydrogens is 360 g/mol. The third-order valence-electron chi connectivity index (χ3n) is 4.05. The first kappa shape index (κ1) is 17.4. The SMILES string of the molecule is COc1ccc(-n2ccnc2SCc2nnc(-c3ccc(C)cc3)o2)cc1. The number of hydrogen-bond donors (Lipinski definition) is 0. The second kappa shape index (κ2) is 7.67. The highest BCUT2D eigenvalue weighted by atomic mass is 32.2. The Hall–Kier alpha value is -3.06. The summed E-state index contributed by atoms with van der Waals surface area (Å²) >= 11 is 1.55. The Morgan fingerprint density at radius 3 is 2.56 bits per heavy atom. The first-order chi connectivity index (χ1) is 13.2.